The molecule has 1 spiro atoms. The van der Waals surface area contributed by atoms with Gasteiger partial charge in [-0.2, -0.15) is 0 Å². The van der Waals surface area contributed by atoms with Crippen molar-refractivity contribution in [3.05, 3.63) is 12.3 Å². The number of aliphatic imine (C=N–C) groups is 2. The highest BCUT2D eigenvalue weighted by atomic mass is 16.1. The molecule has 4 nitrogen and oxygen atoms in total. The van der Waals surface area contributed by atoms with Gasteiger partial charge in [-0.05, 0) is 63.5 Å². The minimum absolute atomic E-state index is 0.503. The van der Waals surface area contributed by atoms with Gasteiger partial charge in [0, 0.05) is 25.7 Å². The number of hydrogen-bond donors (Lipinski definition) is 0. The molecule has 2 fully saturated rings. The number of rotatable bonds is 3. The number of piperidine rings is 1. The van der Waals surface area contributed by atoms with Crippen LogP contribution in [-0.2, 0) is 4.79 Å². The Morgan fingerprint density at radius 2 is 1.95 bits per heavy atom. The predicted octanol–water partition coefficient (Wildman–Crippen LogP) is 3.44. The first kappa shape index (κ1) is 15.9. The summed E-state index contributed by atoms with van der Waals surface area (Å²) in [7, 11) is 0. The molecular weight excluding hydrogens is 262 g/mol. The van der Waals surface area contributed by atoms with Crippen molar-refractivity contribution in [2.45, 2.75) is 51.9 Å². The maximum Gasteiger partial charge on any atom is 0.224 e. The van der Waals surface area contributed by atoms with Gasteiger partial charge in [0.15, 0.2) is 0 Å². The summed E-state index contributed by atoms with van der Waals surface area (Å²) in [6, 6.07) is 0. The van der Waals surface area contributed by atoms with Gasteiger partial charge < -0.3 is 9.69 Å². The molecule has 1 heterocycles. The van der Waals surface area contributed by atoms with Gasteiger partial charge in [0.05, 0.1) is 0 Å². The van der Waals surface area contributed by atoms with Crippen LogP contribution in [0, 0.1) is 11.3 Å². The van der Waals surface area contributed by atoms with E-state index < -0.39 is 0 Å². The molecule has 1 saturated heterocycles. The van der Waals surface area contributed by atoms with Crippen LogP contribution in [0.4, 0.5) is 0 Å². The number of nitrogens with zero attached hydrogens (tertiary/aromatic N) is 3. The summed E-state index contributed by atoms with van der Waals surface area (Å²) in [4.78, 5) is 21.3. The van der Waals surface area contributed by atoms with Crippen molar-refractivity contribution in [2.24, 2.45) is 21.3 Å². The third-order valence-electron chi connectivity index (χ3n) is 5.18. The fourth-order valence-electron chi connectivity index (χ4n) is 3.71. The zero-order valence-corrected chi connectivity index (χ0v) is 13.1. The van der Waals surface area contributed by atoms with E-state index >= 15 is 0 Å². The number of carbonyl (C=O) groups excluding carboxylic acids is 1. The van der Waals surface area contributed by atoms with E-state index in [1.165, 1.54) is 38.5 Å². The minimum Gasteiger partial charge on any atom is -0.341 e. The first-order valence-electron chi connectivity index (χ1n) is 8.07. The molecule has 0 N–H and O–H groups in total. The van der Waals surface area contributed by atoms with E-state index in [1.807, 2.05) is 13.0 Å². The zero-order chi connectivity index (χ0) is 15.1. The van der Waals surface area contributed by atoms with E-state index in [9.17, 15) is 4.79 Å². The van der Waals surface area contributed by atoms with Crippen molar-refractivity contribution in [1.29, 1.82) is 0 Å². The van der Waals surface area contributed by atoms with Crippen LogP contribution in [0.1, 0.15) is 51.9 Å². The normalized spacial score (nSPS) is 23.7. The summed E-state index contributed by atoms with van der Waals surface area (Å²) in [5, 5.41) is 0. The second-order valence-electron chi connectivity index (χ2n) is 6.40. The summed E-state index contributed by atoms with van der Waals surface area (Å²) in [5.41, 5.74) is 0.503. The Hall–Kier alpha value is -1.45. The van der Waals surface area contributed by atoms with Crippen LogP contribution in [0.15, 0.2) is 22.3 Å². The lowest BCUT2D eigenvalue weighted by Crippen LogP contribution is -2.44. The Balaban J connectivity index is 1.88. The Kier molecular flexibility index (Phi) is 5.71. The van der Waals surface area contributed by atoms with Gasteiger partial charge in [-0.3, -0.25) is 0 Å². The molecule has 0 radical (unpaired) electrons. The Labute approximate surface area is 128 Å². The van der Waals surface area contributed by atoms with E-state index in [0.29, 0.717) is 11.3 Å². The second kappa shape index (κ2) is 7.53. The van der Waals surface area contributed by atoms with Crippen molar-refractivity contribution in [2.75, 3.05) is 13.1 Å². The maximum atomic E-state index is 10.6. The fraction of sp³-hybridized carbons (Fsp3) is 0.706. The van der Waals surface area contributed by atoms with Crippen LogP contribution in [-0.4, -0.2) is 37.0 Å². The van der Waals surface area contributed by atoms with Crippen molar-refractivity contribution >= 4 is 19.0 Å². The van der Waals surface area contributed by atoms with Gasteiger partial charge >= 0.3 is 0 Å². The SMILES string of the molecule is C=N/C(=N\C=C/C)N1CCC2(CCC(CC=O)CC2)CC1. The van der Waals surface area contributed by atoms with E-state index in [0.717, 1.165) is 31.8 Å². The lowest BCUT2D eigenvalue weighted by atomic mass is 9.65. The van der Waals surface area contributed by atoms with Crippen molar-refractivity contribution < 1.29 is 4.79 Å². The number of likely N-dealkylation sites (tertiary alicyclic amines) is 1. The summed E-state index contributed by atoms with van der Waals surface area (Å²) in [6.07, 6.45) is 13.0. The van der Waals surface area contributed by atoms with Crippen LogP contribution in [0.2, 0.25) is 0 Å². The molecule has 0 amide bonds. The van der Waals surface area contributed by atoms with Crippen LogP contribution in [0.25, 0.3) is 0 Å². The van der Waals surface area contributed by atoms with E-state index in [-0.39, 0.29) is 0 Å². The van der Waals surface area contributed by atoms with E-state index in [1.54, 1.807) is 6.20 Å². The topological polar surface area (TPSA) is 45.0 Å². The highest BCUT2D eigenvalue weighted by molar-refractivity contribution is 5.84. The smallest absolute Gasteiger partial charge is 0.224 e. The molecule has 1 aliphatic carbocycles. The van der Waals surface area contributed by atoms with Gasteiger partial charge in [0.1, 0.15) is 6.29 Å². The Morgan fingerprint density at radius 3 is 2.48 bits per heavy atom. The van der Waals surface area contributed by atoms with Gasteiger partial charge in [0.25, 0.3) is 0 Å². The second-order valence-corrected chi connectivity index (χ2v) is 6.40. The summed E-state index contributed by atoms with van der Waals surface area (Å²) < 4.78 is 0. The number of allylic oxidation sites excluding steroid dienone is 1. The van der Waals surface area contributed by atoms with Crippen LogP contribution in [0.5, 0.6) is 0 Å². The first-order valence-corrected chi connectivity index (χ1v) is 8.07. The molecule has 0 aromatic heterocycles. The molecular formula is C17H27N3O. The average Bonchev–Trinajstić information content (AvgIpc) is 2.52. The lowest BCUT2D eigenvalue weighted by Gasteiger charge is -2.46. The Bertz CT molecular complexity index is 410. The van der Waals surface area contributed by atoms with Gasteiger partial charge in [-0.25, -0.2) is 9.98 Å². The molecule has 1 saturated carbocycles. The lowest BCUT2D eigenvalue weighted by molar-refractivity contribution is -0.109. The quantitative estimate of drug-likeness (QED) is 0.454. The molecule has 116 valence electrons. The highest BCUT2D eigenvalue weighted by Gasteiger charge is 2.38. The van der Waals surface area contributed by atoms with Gasteiger partial charge in [-0.15, -0.1) is 0 Å². The molecule has 21 heavy (non-hydrogen) atoms. The molecule has 2 rings (SSSR count). The number of carbonyl (C=O) groups is 1. The van der Waals surface area contributed by atoms with E-state index in [2.05, 4.69) is 21.6 Å². The number of hydrogen-bond acceptors (Lipinski definition) is 2. The monoisotopic (exact) mass is 289 g/mol. The molecule has 0 unspecified atom stereocenters. The standard InChI is InChI=1S/C17H27N3O/c1-3-11-19-16(18-2)20-12-9-17(10-13-20)7-4-15(5-8-17)6-14-21/h3,11,14-15H,2,4-10,12-13H2,1H3/b11-3-,19-16+. The van der Waals surface area contributed by atoms with E-state index in [4.69, 9.17) is 0 Å². The zero-order valence-electron chi connectivity index (χ0n) is 13.1. The predicted molar refractivity (Wildman–Crippen MR) is 87.7 cm³/mol. The molecule has 0 aromatic carbocycles. The third-order valence-corrected chi connectivity index (χ3v) is 5.18. The minimum atomic E-state index is 0.503. The molecule has 4 heteroatoms. The van der Waals surface area contributed by atoms with Crippen LogP contribution >= 0.6 is 0 Å². The maximum absolute atomic E-state index is 10.6. The summed E-state index contributed by atoms with van der Waals surface area (Å²) in [6.45, 7) is 7.63. The molecule has 0 aromatic rings. The van der Waals surface area contributed by atoms with Gasteiger partial charge in [0.2, 0.25) is 5.96 Å². The van der Waals surface area contributed by atoms with Crippen LogP contribution < -0.4 is 0 Å². The number of guanidine groups is 1. The largest absolute Gasteiger partial charge is 0.341 e. The van der Waals surface area contributed by atoms with Gasteiger partial charge in [-0.1, -0.05) is 6.08 Å². The fourth-order valence-corrected chi connectivity index (χ4v) is 3.71. The molecule has 0 bridgehead atoms. The molecule has 2 aliphatic rings. The number of aldehydes is 1. The highest BCUT2D eigenvalue weighted by Crippen LogP contribution is 2.46. The van der Waals surface area contributed by atoms with Crippen molar-refractivity contribution in [1.82, 2.24) is 4.90 Å². The van der Waals surface area contributed by atoms with Crippen LogP contribution in [0.3, 0.4) is 0 Å². The third kappa shape index (κ3) is 4.02. The molecule has 0 atom stereocenters. The Morgan fingerprint density at radius 1 is 1.29 bits per heavy atom. The van der Waals surface area contributed by atoms with Crippen molar-refractivity contribution in [3.8, 4) is 0 Å². The summed E-state index contributed by atoms with van der Waals surface area (Å²) >= 11 is 0. The molecule has 1 aliphatic heterocycles. The summed E-state index contributed by atoms with van der Waals surface area (Å²) in [5.74, 6) is 1.38. The van der Waals surface area contributed by atoms with Crippen molar-refractivity contribution in [3.63, 3.8) is 0 Å². The average molecular weight is 289 g/mol. The first-order chi connectivity index (χ1) is 10.2.